The number of unbranched alkanes of at least 4 members (excludes halogenated alkanes) is 12. The summed E-state index contributed by atoms with van der Waals surface area (Å²) in [7, 11) is -2.75. The lowest BCUT2D eigenvalue weighted by molar-refractivity contribution is 0.585. The second-order valence-corrected chi connectivity index (χ2v) is 8.83. The lowest BCUT2D eigenvalue weighted by Crippen LogP contribution is -2.02. The number of hydrogen-bond donors (Lipinski definition) is 0. The average molecular weight is 331 g/mol. The fourth-order valence-corrected chi connectivity index (χ4v) is 3.34. The van der Waals surface area contributed by atoms with Crippen LogP contribution in [-0.2, 0) is 9.84 Å². The van der Waals surface area contributed by atoms with Crippen molar-refractivity contribution >= 4 is 9.84 Å². The van der Waals surface area contributed by atoms with Gasteiger partial charge in [0.2, 0.25) is 0 Å². The highest BCUT2D eigenvalue weighted by molar-refractivity contribution is 7.90. The van der Waals surface area contributed by atoms with Gasteiger partial charge in [0.05, 0.1) is 0 Å². The number of rotatable bonds is 16. The van der Waals surface area contributed by atoms with Crippen LogP contribution in [0.1, 0.15) is 96.8 Å². The standard InChI is InChI=1S/C19H38O2S/c1-3-4-5-6-7-8-9-10-11-12-13-14-15-16-17-18-19-22(2,20)21/h10-11H,3-9,12-19H2,1-2H3/b11-10-. The Labute approximate surface area is 139 Å². The molecule has 0 rings (SSSR count). The van der Waals surface area contributed by atoms with Crippen molar-refractivity contribution in [1.82, 2.24) is 0 Å². The van der Waals surface area contributed by atoms with Crippen LogP contribution in [0.3, 0.4) is 0 Å². The molecule has 22 heavy (non-hydrogen) atoms. The molecule has 0 atom stereocenters. The van der Waals surface area contributed by atoms with Gasteiger partial charge in [-0.1, -0.05) is 76.9 Å². The van der Waals surface area contributed by atoms with Crippen molar-refractivity contribution in [2.24, 2.45) is 0 Å². The molecular weight excluding hydrogens is 292 g/mol. The van der Waals surface area contributed by atoms with Crippen LogP contribution in [0.15, 0.2) is 12.2 Å². The maximum atomic E-state index is 11.0. The first-order chi connectivity index (χ1) is 10.6. The molecule has 0 saturated heterocycles. The minimum atomic E-state index is -2.75. The molecule has 0 aromatic carbocycles. The smallest absolute Gasteiger partial charge is 0.147 e. The van der Waals surface area contributed by atoms with Gasteiger partial charge in [0, 0.05) is 12.0 Å². The zero-order chi connectivity index (χ0) is 16.5. The lowest BCUT2D eigenvalue weighted by Gasteiger charge is -2.00. The van der Waals surface area contributed by atoms with E-state index >= 15 is 0 Å². The van der Waals surface area contributed by atoms with Crippen molar-refractivity contribution in [3.8, 4) is 0 Å². The molecule has 0 aliphatic carbocycles. The Morgan fingerprint density at radius 3 is 1.50 bits per heavy atom. The van der Waals surface area contributed by atoms with E-state index in [9.17, 15) is 8.42 Å². The second kappa shape index (κ2) is 15.6. The van der Waals surface area contributed by atoms with Gasteiger partial charge in [0.25, 0.3) is 0 Å². The summed E-state index contributed by atoms with van der Waals surface area (Å²) >= 11 is 0. The summed E-state index contributed by atoms with van der Waals surface area (Å²) in [5.74, 6) is 0.355. The van der Waals surface area contributed by atoms with Crippen molar-refractivity contribution in [2.45, 2.75) is 96.8 Å². The van der Waals surface area contributed by atoms with Crippen LogP contribution >= 0.6 is 0 Å². The molecule has 0 aromatic heterocycles. The zero-order valence-corrected chi connectivity index (χ0v) is 15.8. The molecule has 3 heteroatoms. The monoisotopic (exact) mass is 330 g/mol. The van der Waals surface area contributed by atoms with E-state index < -0.39 is 9.84 Å². The molecule has 0 spiro atoms. The van der Waals surface area contributed by atoms with Crippen LogP contribution in [0.4, 0.5) is 0 Å². The Kier molecular flexibility index (Phi) is 15.4. The van der Waals surface area contributed by atoms with Gasteiger partial charge < -0.3 is 0 Å². The van der Waals surface area contributed by atoms with Crippen LogP contribution in [0, 0.1) is 0 Å². The SMILES string of the molecule is CCCCCCCC/C=C\CCCCCCCCS(C)(=O)=O. The van der Waals surface area contributed by atoms with Crippen molar-refractivity contribution in [2.75, 3.05) is 12.0 Å². The highest BCUT2D eigenvalue weighted by Crippen LogP contribution is 2.10. The van der Waals surface area contributed by atoms with Crippen LogP contribution < -0.4 is 0 Å². The van der Waals surface area contributed by atoms with E-state index in [0.717, 1.165) is 12.8 Å². The second-order valence-electron chi connectivity index (χ2n) is 6.57. The van der Waals surface area contributed by atoms with Gasteiger partial charge in [-0.05, 0) is 32.1 Å². The number of hydrogen-bond acceptors (Lipinski definition) is 2. The van der Waals surface area contributed by atoms with Crippen molar-refractivity contribution in [3.63, 3.8) is 0 Å². The lowest BCUT2D eigenvalue weighted by atomic mass is 10.1. The molecule has 2 nitrogen and oxygen atoms in total. The summed E-state index contributed by atoms with van der Waals surface area (Å²) in [6.45, 7) is 2.26. The first-order valence-corrected chi connectivity index (χ1v) is 11.4. The molecule has 132 valence electrons. The molecule has 0 aliphatic heterocycles. The van der Waals surface area contributed by atoms with E-state index in [1.807, 2.05) is 0 Å². The Morgan fingerprint density at radius 1 is 0.636 bits per heavy atom. The zero-order valence-electron chi connectivity index (χ0n) is 15.0. The maximum absolute atomic E-state index is 11.0. The molecule has 0 radical (unpaired) electrons. The van der Waals surface area contributed by atoms with E-state index in [1.165, 1.54) is 83.3 Å². The molecule has 0 heterocycles. The third-order valence-electron chi connectivity index (χ3n) is 4.03. The Morgan fingerprint density at radius 2 is 1.05 bits per heavy atom. The van der Waals surface area contributed by atoms with E-state index in [2.05, 4.69) is 19.1 Å². The quantitative estimate of drug-likeness (QED) is 0.254. The van der Waals surface area contributed by atoms with Crippen LogP contribution in [-0.4, -0.2) is 20.4 Å². The normalized spacial score (nSPS) is 12.3. The van der Waals surface area contributed by atoms with E-state index in [-0.39, 0.29) is 0 Å². The summed E-state index contributed by atoms with van der Waals surface area (Å²) in [5, 5.41) is 0. The third kappa shape index (κ3) is 19.7. The minimum absolute atomic E-state index is 0.355. The van der Waals surface area contributed by atoms with Gasteiger partial charge in [0.15, 0.2) is 0 Å². The number of sulfone groups is 1. The summed E-state index contributed by atoms with van der Waals surface area (Å²) in [5.41, 5.74) is 0. The largest absolute Gasteiger partial charge is 0.229 e. The van der Waals surface area contributed by atoms with Gasteiger partial charge in [0.1, 0.15) is 9.84 Å². The topological polar surface area (TPSA) is 34.1 Å². The highest BCUT2D eigenvalue weighted by Gasteiger charge is 2.00. The Hall–Kier alpha value is -0.310. The van der Waals surface area contributed by atoms with Crippen molar-refractivity contribution in [1.29, 1.82) is 0 Å². The predicted octanol–water partition coefficient (Wildman–Crippen LogP) is 6.07. The molecule has 0 unspecified atom stereocenters. The maximum Gasteiger partial charge on any atom is 0.147 e. The minimum Gasteiger partial charge on any atom is -0.229 e. The summed E-state index contributed by atoms with van der Waals surface area (Å²) in [6, 6.07) is 0. The Bertz CT molecular complexity index is 344. The van der Waals surface area contributed by atoms with E-state index in [1.54, 1.807) is 0 Å². The van der Waals surface area contributed by atoms with Gasteiger partial charge >= 0.3 is 0 Å². The van der Waals surface area contributed by atoms with Gasteiger partial charge in [-0.2, -0.15) is 0 Å². The van der Waals surface area contributed by atoms with Crippen molar-refractivity contribution < 1.29 is 8.42 Å². The predicted molar refractivity (Wildman–Crippen MR) is 99.2 cm³/mol. The third-order valence-corrected chi connectivity index (χ3v) is 5.06. The van der Waals surface area contributed by atoms with E-state index in [0.29, 0.717) is 5.75 Å². The molecule has 0 aromatic rings. The Balaban J connectivity index is 3.14. The molecule has 0 saturated carbocycles. The van der Waals surface area contributed by atoms with Crippen LogP contribution in [0.2, 0.25) is 0 Å². The van der Waals surface area contributed by atoms with Gasteiger partial charge in [-0.15, -0.1) is 0 Å². The van der Waals surface area contributed by atoms with Crippen molar-refractivity contribution in [3.05, 3.63) is 12.2 Å². The summed E-state index contributed by atoms with van der Waals surface area (Å²) in [6.07, 6.45) is 23.6. The fourth-order valence-electron chi connectivity index (χ4n) is 2.61. The first kappa shape index (κ1) is 21.7. The molecule has 0 bridgehead atoms. The average Bonchev–Trinajstić information content (AvgIpc) is 2.45. The molecule has 0 fully saturated rings. The molecular formula is C19H38O2S. The highest BCUT2D eigenvalue weighted by atomic mass is 32.2. The molecule has 0 amide bonds. The summed E-state index contributed by atoms with van der Waals surface area (Å²) < 4.78 is 21.9. The number of allylic oxidation sites excluding steroid dienone is 2. The molecule has 0 N–H and O–H groups in total. The first-order valence-electron chi connectivity index (χ1n) is 9.39. The molecule has 0 aliphatic rings. The fraction of sp³-hybridized carbons (Fsp3) is 0.895. The van der Waals surface area contributed by atoms with Crippen LogP contribution in [0.25, 0.3) is 0 Å². The van der Waals surface area contributed by atoms with Gasteiger partial charge in [-0.3, -0.25) is 0 Å². The van der Waals surface area contributed by atoms with E-state index in [4.69, 9.17) is 0 Å². The summed E-state index contributed by atoms with van der Waals surface area (Å²) in [4.78, 5) is 0. The van der Waals surface area contributed by atoms with Gasteiger partial charge in [-0.25, -0.2) is 8.42 Å². The van der Waals surface area contributed by atoms with Crippen LogP contribution in [0.5, 0.6) is 0 Å².